The molecule has 1 amide bonds. The van der Waals surface area contributed by atoms with Gasteiger partial charge in [-0.2, -0.15) is 10.2 Å². The summed E-state index contributed by atoms with van der Waals surface area (Å²) >= 11 is 3.30. The van der Waals surface area contributed by atoms with Gasteiger partial charge in [-0.1, -0.05) is 0 Å². The van der Waals surface area contributed by atoms with E-state index in [-0.39, 0.29) is 19.1 Å². The van der Waals surface area contributed by atoms with Gasteiger partial charge in [0.1, 0.15) is 12.4 Å². The average molecular weight is 314 g/mol. The van der Waals surface area contributed by atoms with Gasteiger partial charge in [0.25, 0.3) is 5.91 Å². The first kappa shape index (κ1) is 12.8. The Bertz CT molecular complexity index is 536. The second kappa shape index (κ2) is 5.78. The number of halogens is 1. The van der Waals surface area contributed by atoms with E-state index in [9.17, 15) is 4.79 Å². The van der Waals surface area contributed by atoms with Crippen molar-refractivity contribution in [1.82, 2.24) is 24.9 Å². The molecule has 96 valence electrons. The molecule has 0 radical (unpaired) electrons. The van der Waals surface area contributed by atoms with Crippen LogP contribution < -0.4 is 5.32 Å². The fourth-order valence-corrected chi connectivity index (χ4v) is 1.71. The number of aliphatic hydroxyl groups is 1. The summed E-state index contributed by atoms with van der Waals surface area (Å²) < 4.78 is 4.18. The fraction of sp³-hybridized carbons (Fsp3) is 0.300. The van der Waals surface area contributed by atoms with Crippen LogP contribution in [0.25, 0.3) is 0 Å². The van der Waals surface area contributed by atoms with Crippen LogP contribution in [0.5, 0.6) is 0 Å². The SMILES string of the molecule is O=C(NCCO)c1ccn(Cn2cc(Br)cn2)n1. The van der Waals surface area contributed by atoms with Gasteiger partial charge in [-0.25, -0.2) is 4.68 Å². The zero-order valence-corrected chi connectivity index (χ0v) is 11.0. The lowest BCUT2D eigenvalue weighted by Crippen LogP contribution is -2.27. The summed E-state index contributed by atoms with van der Waals surface area (Å²) in [5, 5.41) is 19.3. The second-order valence-corrected chi connectivity index (χ2v) is 4.48. The Hall–Kier alpha value is -1.67. The summed E-state index contributed by atoms with van der Waals surface area (Å²) in [6.07, 6.45) is 5.19. The summed E-state index contributed by atoms with van der Waals surface area (Å²) in [7, 11) is 0. The van der Waals surface area contributed by atoms with Gasteiger partial charge in [0.2, 0.25) is 0 Å². The van der Waals surface area contributed by atoms with E-state index in [0.29, 0.717) is 12.4 Å². The van der Waals surface area contributed by atoms with E-state index in [2.05, 4.69) is 31.4 Å². The number of hydrogen-bond donors (Lipinski definition) is 2. The second-order valence-electron chi connectivity index (χ2n) is 3.56. The number of nitrogens with zero attached hydrogens (tertiary/aromatic N) is 4. The Labute approximate surface area is 112 Å². The molecule has 0 aromatic carbocycles. The third-order valence-corrected chi connectivity index (χ3v) is 2.57. The molecule has 0 saturated carbocycles. The Kier molecular flexibility index (Phi) is 4.11. The molecule has 0 spiro atoms. The van der Waals surface area contributed by atoms with Crippen molar-refractivity contribution < 1.29 is 9.90 Å². The summed E-state index contributed by atoms with van der Waals surface area (Å²) in [4.78, 5) is 11.5. The Balaban J connectivity index is 1.99. The minimum absolute atomic E-state index is 0.0895. The smallest absolute Gasteiger partial charge is 0.271 e. The molecular weight excluding hydrogens is 302 g/mol. The highest BCUT2D eigenvalue weighted by molar-refractivity contribution is 9.10. The number of carbonyl (C=O) groups is 1. The topological polar surface area (TPSA) is 85.0 Å². The monoisotopic (exact) mass is 313 g/mol. The van der Waals surface area contributed by atoms with E-state index in [0.717, 1.165) is 4.47 Å². The number of aliphatic hydroxyl groups excluding tert-OH is 1. The molecule has 8 heteroatoms. The maximum Gasteiger partial charge on any atom is 0.271 e. The van der Waals surface area contributed by atoms with Crippen LogP contribution in [0, 0.1) is 0 Å². The highest BCUT2D eigenvalue weighted by Crippen LogP contribution is 2.06. The molecule has 0 aliphatic heterocycles. The Morgan fingerprint density at radius 1 is 1.50 bits per heavy atom. The van der Waals surface area contributed by atoms with Crippen LogP contribution in [-0.4, -0.2) is 43.7 Å². The van der Waals surface area contributed by atoms with Crippen molar-refractivity contribution in [3.05, 3.63) is 34.8 Å². The quantitative estimate of drug-likeness (QED) is 0.818. The number of carbonyl (C=O) groups excluding carboxylic acids is 1. The molecule has 0 saturated heterocycles. The molecule has 2 aromatic heterocycles. The molecule has 2 N–H and O–H groups in total. The first-order valence-electron chi connectivity index (χ1n) is 5.29. The maximum atomic E-state index is 11.5. The van der Waals surface area contributed by atoms with E-state index in [1.54, 1.807) is 27.8 Å². The van der Waals surface area contributed by atoms with E-state index in [4.69, 9.17) is 5.11 Å². The van der Waals surface area contributed by atoms with Crippen molar-refractivity contribution in [3.63, 3.8) is 0 Å². The molecule has 0 bridgehead atoms. The lowest BCUT2D eigenvalue weighted by molar-refractivity contribution is 0.0939. The third-order valence-electron chi connectivity index (χ3n) is 2.16. The van der Waals surface area contributed by atoms with Gasteiger partial charge in [-0.05, 0) is 22.0 Å². The van der Waals surface area contributed by atoms with E-state index < -0.39 is 0 Å². The van der Waals surface area contributed by atoms with Crippen molar-refractivity contribution in [2.45, 2.75) is 6.67 Å². The minimum atomic E-state index is -0.301. The number of aromatic nitrogens is 4. The Morgan fingerprint density at radius 2 is 2.33 bits per heavy atom. The van der Waals surface area contributed by atoms with Crippen molar-refractivity contribution in [2.24, 2.45) is 0 Å². The summed E-state index contributed by atoms with van der Waals surface area (Å²) in [6.45, 7) is 0.560. The average Bonchev–Trinajstić information content (AvgIpc) is 2.96. The predicted octanol–water partition coefficient (Wildman–Crippen LogP) is 0.0700. The van der Waals surface area contributed by atoms with Gasteiger partial charge in [-0.15, -0.1) is 0 Å². The fourth-order valence-electron chi connectivity index (χ4n) is 1.39. The molecule has 2 aromatic rings. The zero-order chi connectivity index (χ0) is 13.0. The lowest BCUT2D eigenvalue weighted by atomic mass is 10.4. The van der Waals surface area contributed by atoms with Gasteiger partial charge in [0, 0.05) is 18.9 Å². The van der Waals surface area contributed by atoms with Crippen LogP contribution >= 0.6 is 15.9 Å². The standard InChI is InChI=1S/C10H12BrN5O2/c11-8-5-13-16(6-8)7-15-3-1-9(14-15)10(18)12-2-4-17/h1,3,5-6,17H,2,4,7H2,(H,12,18). The van der Waals surface area contributed by atoms with Gasteiger partial charge < -0.3 is 10.4 Å². The molecular formula is C10H12BrN5O2. The van der Waals surface area contributed by atoms with Crippen molar-refractivity contribution in [2.75, 3.05) is 13.2 Å². The van der Waals surface area contributed by atoms with E-state index in [1.807, 2.05) is 6.20 Å². The normalized spacial score (nSPS) is 10.6. The van der Waals surface area contributed by atoms with Gasteiger partial charge in [0.05, 0.1) is 17.3 Å². The van der Waals surface area contributed by atoms with Gasteiger partial charge in [0.15, 0.2) is 0 Å². The number of hydrogen-bond acceptors (Lipinski definition) is 4. The third kappa shape index (κ3) is 3.17. The number of nitrogens with one attached hydrogen (secondary N) is 1. The highest BCUT2D eigenvalue weighted by Gasteiger charge is 2.08. The molecule has 18 heavy (non-hydrogen) atoms. The van der Waals surface area contributed by atoms with Crippen molar-refractivity contribution >= 4 is 21.8 Å². The number of amides is 1. The lowest BCUT2D eigenvalue weighted by Gasteiger charge is -2.01. The van der Waals surface area contributed by atoms with Crippen LogP contribution in [-0.2, 0) is 6.67 Å². The molecule has 0 atom stereocenters. The van der Waals surface area contributed by atoms with Crippen molar-refractivity contribution in [1.29, 1.82) is 0 Å². The van der Waals surface area contributed by atoms with E-state index in [1.165, 1.54) is 0 Å². The predicted molar refractivity (Wildman–Crippen MR) is 67.0 cm³/mol. The Morgan fingerprint density at radius 3 is 3.00 bits per heavy atom. The summed E-state index contributed by atoms with van der Waals surface area (Å²) in [5.41, 5.74) is 0.315. The van der Waals surface area contributed by atoms with Gasteiger partial charge >= 0.3 is 0 Å². The van der Waals surface area contributed by atoms with Crippen molar-refractivity contribution in [3.8, 4) is 0 Å². The van der Waals surface area contributed by atoms with Crippen LogP contribution in [0.15, 0.2) is 29.1 Å². The van der Waals surface area contributed by atoms with Gasteiger partial charge in [-0.3, -0.25) is 9.48 Å². The summed E-state index contributed by atoms with van der Waals surface area (Å²) in [6, 6.07) is 1.62. The maximum absolute atomic E-state index is 11.5. The van der Waals surface area contributed by atoms with Crippen LogP contribution in [0.4, 0.5) is 0 Å². The molecule has 2 heterocycles. The highest BCUT2D eigenvalue weighted by atomic mass is 79.9. The van der Waals surface area contributed by atoms with E-state index >= 15 is 0 Å². The zero-order valence-electron chi connectivity index (χ0n) is 9.45. The first-order valence-corrected chi connectivity index (χ1v) is 6.09. The molecule has 0 fully saturated rings. The first-order chi connectivity index (χ1) is 8.69. The molecule has 0 unspecified atom stereocenters. The van der Waals surface area contributed by atoms with Crippen LogP contribution in [0.1, 0.15) is 10.5 Å². The molecule has 0 aliphatic rings. The molecule has 0 aliphatic carbocycles. The number of rotatable bonds is 5. The van der Waals surface area contributed by atoms with Crippen LogP contribution in [0.2, 0.25) is 0 Å². The molecule has 7 nitrogen and oxygen atoms in total. The largest absolute Gasteiger partial charge is 0.395 e. The minimum Gasteiger partial charge on any atom is -0.395 e. The summed E-state index contributed by atoms with van der Waals surface area (Å²) in [5.74, 6) is -0.301. The van der Waals surface area contributed by atoms with Crippen LogP contribution in [0.3, 0.4) is 0 Å². The molecule has 2 rings (SSSR count).